The molecule has 5 nitrogen and oxygen atoms in total. The van der Waals surface area contributed by atoms with Crippen molar-refractivity contribution in [2.24, 2.45) is 0 Å². The number of nitrogens with zero attached hydrogens (tertiary/aromatic N) is 1. The molecule has 1 heterocycles. The molecule has 7 heteroatoms. The third-order valence-corrected chi connectivity index (χ3v) is 5.49. The van der Waals surface area contributed by atoms with Crippen LogP contribution >= 0.6 is 38.5 Å². The number of amides is 1. The van der Waals surface area contributed by atoms with Crippen LogP contribution in [0.1, 0.15) is 10.4 Å². The number of benzene rings is 3. The van der Waals surface area contributed by atoms with E-state index in [1.807, 2.05) is 30.3 Å². The van der Waals surface area contributed by atoms with Crippen molar-refractivity contribution < 1.29 is 13.9 Å². The summed E-state index contributed by atoms with van der Waals surface area (Å²) < 4.78 is 13.0. The fraction of sp³-hybridized carbons (Fsp3) is 0.0476. The first-order valence-electron chi connectivity index (χ1n) is 8.35. The first-order valence-corrected chi connectivity index (χ1v) is 10.2. The Morgan fingerprint density at radius 1 is 1.11 bits per heavy atom. The van der Waals surface area contributed by atoms with E-state index >= 15 is 0 Å². The zero-order valence-corrected chi connectivity index (χ0v) is 18.4. The van der Waals surface area contributed by atoms with Gasteiger partial charge in [0.05, 0.1) is 11.6 Å². The Morgan fingerprint density at radius 3 is 2.61 bits per heavy atom. The van der Waals surface area contributed by atoms with Crippen LogP contribution in [-0.2, 0) is 0 Å². The topological polar surface area (TPSA) is 64.4 Å². The molecular weight excluding hydrogens is 535 g/mol. The van der Waals surface area contributed by atoms with Crippen molar-refractivity contribution in [1.82, 2.24) is 4.98 Å². The number of methoxy groups -OCH3 is 1. The molecule has 0 fully saturated rings. The molecule has 0 aliphatic heterocycles. The summed E-state index contributed by atoms with van der Waals surface area (Å²) in [6.45, 7) is 0. The molecule has 4 aromatic rings. The van der Waals surface area contributed by atoms with Gasteiger partial charge in [-0.1, -0.05) is 0 Å². The van der Waals surface area contributed by atoms with Gasteiger partial charge in [0.25, 0.3) is 5.91 Å². The molecule has 0 unspecified atom stereocenters. The monoisotopic (exact) mass is 548 g/mol. The van der Waals surface area contributed by atoms with E-state index in [0.717, 1.165) is 19.4 Å². The second-order valence-electron chi connectivity index (χ2n) is 6.01. The molecule has 0 saturated heterocycles. The number of halogens is 2. The summed E-state index contributed by atoms with van der Waals surface area (Å²) in [5.74, 6) is 1.07. The highest BCUT2D eigenvalue weighted by molar-refractivity contribution is 14.1. The highest BCUT2D eigenvalue weighted by atomic mass is 127. The SMILES string of the molecule is COc1ccc(-c2nc3cc(NC(=O)c4ccc(I)cc4)ccc3o2)cc1Br. The van der Waals surface area contributed by atoms with Gasteiger partial charge in [0.15, 0.2) is 5.58 Å². The average molecular weight is 549 g/mol. The molecule has 140 valence electrons. The molecule has 0 bridgehead atoms. The number of hydrogen-bond donors (Lipinski definition) is 1. The Balaban J connectivity index is 1.60. The predicted octanol–water partition coefficient (Wildman–Crippen LogP) is 6.12. The van der Waals surface area contributed by atoms with Crippen LogP contribution in [0.15, 0.2) is 69.6 Å². The van der Waals surface area contributed by atoms with Crippen molar-refractivity contribution >= 4 is 61.2 Å². The molecule has 0 atom stereocenters. The second kappa shape index (κ2) is 7.92. The predicted molar refractivity (Wildman–Crippen MR) is 121 cm³/mol. The zero-order chi connectivity index (χ0) is 19.7. The van der Waals surface area contributed by atoms with Gasteiger partial charge < -0.3 is 14.5 Å². The lowest BCUT2D eigenvalue weighted by atomic mass is 10.2. The molecule has 0 radical (unpaired) electrons. The number of nitrogens with one attached hydrogen (secondary N) is 1. The van der Waals surface area contributed by atoms with E-state index in [0.29, 0.717) is 28.2 Å². The minimum absolute atomic E-state index is 0.168. The van der Waals surface area contributed by atoms with E-state index < -0.39 is 0 Å². The van der Waals surface area contributed by atoms with E-state index in [1.165, 1.54) is 0 Å². The summed E-state index contributed by atoms with van der Waals surface area (Å²) in [4.78, 5) is 17.0. The quantitative estimate of drug-likeness (QED) is 0.312. The Morgan fingerprint density at radius 2 is 1.89 bits per heavy atom. The summed E-state index contributed by atoms with van der Waals surface area (Å²) in [5.41, 5.74) is 3.40. The first kappa shape index (κ1) is 18.9. The molecule has 3 aromatic carbocycles. The van der Waals surface area contributed by atoms with Crippen molar-refractivity contribution in [2.75, 3.05) is 12.4 Å². The molecular formula is C21H14BrIN2O3. The van der Waals surface area contributed by atoms with Gasteiger partial charge in [-0.05, 0) is 99.2 Å². The van der Waals surface area contributed by atoms with Gasteiger partial charge in [0, 0.05) is 20.4 Å². The summed E-state index contributed by atoms with van der Waals surface area (Å²) >= 11 is 5.68. The highest BCUT2D eigenvalue weighted by Gasteiger charge is 2.12. The fourth-order valence-corrected chi connectivity index (χ4v) is 3.63. The minimum Gasteiger partial charge on any atom is -0.496 e. The Labute approximate surface area is 183 Å². The third kappa shape index (κ3) is 3.90. The summed E-state index contributed by atoms with van der Waals surface area (Å²) in [7, 11) is 1.62. The third-order valence-electron chi connectivity index (χ3n) is 4.15. The lowest BCUT2D eigenvalue weighted by molar-refractivity contribution is 0.102. The van der Waals surface area contributed by atoms with Gasteiger partial charge in [0.2, 0.25) is 5.89 Å². The number of fused-ring (bicyclic) bond motifs is 1. The van der Waals surface area contributed by atoms with Crippen LogP contribution < -0.4 is 10.1 Å². The molecule has 1 amide bonds. The molecule has 0 aliphatic rings. The highest BCUT2D eigenvalue weighted by Crippen LogP contribution is 2.32. The summed E-state index contributed by atoms with van der Waals surface area (Å²) in [5, 5.41) is 2.90. The normalized spacial score (nSPS) is 10.8. The van der Waals surface area contributed by atoms with Crippen LogP contribution in [0.3, 0.4) is 0 Å². The molecule has 0 aliphatic carbocycles. The first-order chi connectivity index (χ1) is 13.5. The number of ether oxygens (including phenoxy) is 1. The smallest absolute Gasteiger partial charge is 0.255 e. The Bertz CT molecular complexity index is 1170. The van der Waals surface area contributed by atoms with Gasteiger partial charge in [-0.25, -0.2) is 4.98 Å². The van der Waals surface area contributed by atoms with Crippen LogP contribution in [0.2, 0.25) is 0 Å². The van der Waals surface area contributed by atoms with Crippen molar-refractivity contribution in [3.8, 4) is 17.2 Å². The van der Waals surface area contributed by atoms with Crippen LogP contribution in [0, 0.1) is 3.57 Å². The van der Waals surface area contributed by atoms with Crippen molar-refractivity contribution in [3.05, 3.63) is 74.3 Å². The van der Waals surface area contributed by atoms with E-state index in [1.54, 1.807) is 37.4 Å². The Kier molecular flexibility index (Phi) is 5.36. The second-order valence-corrected chi connectivity index (χ2v) is 8.11. The number of anilines is 1. The lowest BCUT2D eigenvalue weighted by Crippen LogP contribution is -2.11. The van der Waals surface area contributed by atoms with Crippen molar-refractivity contribution in [2.45, 2.75) is 0 Å². The number of oxazole rings is 1. The van der Waals surface area contributed by atoms with Crippen molar-refractivity contribution in [3.63, 3.8) is 0 Å². The molecule has 28 heavy (non-hydrogen) atoms. The van der Waals surface area contributed by atoms with Gasteiger partial charge in [-0.2, -0.15) is 0 Å². The molecule has 1 N–H and O–H groups in total. The molecule has 1 aromatic heterocycles. The maximum atomic E-state index is 12.4. The molecule has 0 saturated carbocycles. The van der Waals surface area contributed by atoms with Crippen molar-refractivity contribution in [1.29, 1.82) is 0 Å². The number of carbonyl (C=O) groups excluding carboxylic acids is 1. The maximum Gasteiger partial charge on any atom is 0.255 e. The van der Waals surface area contributed by atoms with Crippen LogP contribution in [0.5, 0.6) is 5.75 Å². The standard InChI is InChI=1S/C21H14BrIN2O3/c1-27-18-8-4-13(10-16(18)22)21-25-17-11-15(7-9-19(17)28-21)24-20(26)12-2-5-14(23)6-3-12/h2-11H,1H3,(H,24,26). The zero-order valence-electron chi connectivity index (χ0n) is 14.7. The van der Waals surface area contributed by atoms with Crippen LogP contribution in [0.25, 0.3) is 22.6 Å². The summed E-state index contributed by atoms with van der Waals surface area (Å²) in [6.07, 6.45) is 0. The van der Waals surface area contributed by atoms with Crippen LogP contribution in [-0.4, -0.2) is 18.0 Å². The molecule has 0 spiro atoms. The molecule has 4 rings (SSSR count). The average Bonchev–Trinajstić information content (AvgIpc) is 3.12. The maximum absolute atomic E-state index is 12.4. The van der Waals surface area contributed by atoms with Gasteiger partial charge in [0.1, 0.15) is 11.3 Å². The van der Waals surface area contributed by atoms with Gasteiger partial charge >= 0.3 is 0 Å². The van der Waals surface area contributed by atoms with E-state index in [4.69, 9.17) is 9.15 Å². The lowest BCUT2D eigenvalue weighted by Gasteiger charge is -2.05. The van der Waals surface area contributed by atoms with E-state index in [2.05, 4.69) is 48.8 Å². The fourth-order valence-electron chi connectivity index (χ4n) is 2.73. The van der Waals surface area contributed by atoms with Gasteiger partial charge in [-0.15, -0.1) is 0 Å². The van der Waals surface area contributed by atoms with E-state index in [9.17, 15) is 4.79 Å². The van der Waals surface area contributed by atoms with Gasteiger partial charge in [-0.3, -0.25) is 4.79 Å². The van der Waals surface area contributed by atoms with E-state index in [-0.39, 0.29) is 5.91 Å². The number of carbonyl (C=O) groups is 1. The minimum atomic E-state index is -0.168. The Hall–Kier alpha value is -2.39. The largest absolute Gasteiger partial charge is 0.496 e. The number of aromatic nitrogens is 1. The number of rotatable bonds is 4. The number of hydrogen-bond acceptors (Lipinski definition) is 4. The van der Waals surface area contributed by atoms with Crippen LogP contribution in [0.4, 0.5) is 5.69 Å². The summed E-state index contributed by atoms with van der Waals surface area (Å²) in [6, 6.07) is 18.4.